The maximum atomic E-state index is 4.80. The smallest absolute Gasteiger partial charge is 0.124 e. The third kappa shape index (κ3) is 2.62. The van der Waals surface area contributed by atoms with E-state index in [-0.39, 0.29) is 0 Å². The Bertz CT molecular complexity index is 594. The molecule has 0 N–H and O–H groups in total. The number of hydrogen-bond donors (Lipinski definition) is 0. The lowest BCUT2D eigenvalue weighted by molar-refractivity contribution is 0.144. The summed E-state index contributed by atoms with van der Waals surface area (Å²) in [6, 6.07) is 8.35. The van der Waals surface area contributed by atoms with Gasteiger partial charge >= 0.3 is 0 Å². The van der Waals surface area contributed by atoms with Gasteiger partial charge in [0.15, 0.2) is 0 Å². The molecule has 1 aromatic carbocycles. The van der Waals surface area contributed by atoms with Crippen LogP contribution in [0.1, 0.15) is 5.82 Å². The average molecular weight is 270 g/mol. The monoisotopic (exact) mass is 270 g/mol. The first kappa shape index (κ1) is 13.3. The molecule has 0 bridgehead atoms. The van der Waals surface area contributed by atoms with Gasteiger partial charge in [-0.25, -0.2) is 4.98 Å². The highest BCUT2D eigenvalue weighted by Gasteiger charge is 2.17. The molecule has 1 fully saturated rings. The zero-order valence-electron chi connectivity index (χ0n) is 12.1. The van der Waals surface area contributed by atoms with E-state index in [9.17, 15) is 0 Å². The van der Waals surface area contributed by atoms with E-state index >= 15 is 0 Å². The quantitative estimate of drug-likeness (QED) is 0.794. The van der Waals surface area contributed by atoms with Gasteiger partial charge in [0.25, 0.3) is 0 Å². The standard InChI is InChI=1S/C16H22N4/c1-3-8-20-15-7-5-4-6-14(15)17-16(20)13-19-11-9-18(2)10-12-19/h3-7H,1,8-13H2,2H3. The van der Waals surface area contributed by atoms with Crippen LogP contribution in [0.2, 0.25) is 0 Å². The molecule has 1 saturated heterocycles. The van der Waals surface area contributed by atoms with Gasteiger partial charge in [-0.2, -0.15) is 0 Å². The van der Waals surface area contributed by atoms with Crippen molar-refractivity contribution in [1.29, 1.82) is 0 Å². The van der Waals surface area contributed by atoms with Gasteiger partial charge in [-0.1, -0.05) is 18.2 Å². The summed E-state index contributed by atoms with van der Waals surface area (Å²) >= 11 is 0. The molecule has 2 aromatic rings. The zero-order chi connectivity index (χ0) is 13.9. The lowest BCUT2D eigenvalue weighted by atomic mass is 10.3. The normalized spacial score (nSPS) is 17.6. The molecule has 0 atom stereocenters. The SMILES string of the molecule is C=CCn1c(CN2CCN(C)CC2)nc2ccccc21. The Hall–Kier alpha value is -1.65. The molecule has 2 heterocycles. The number of piperazine rings is 1. The Balaban J connectivity index is 1.86. The van der Waals surface area contributed by atoms with Crippen LogP contribution in [-0.2, 0) is 13.1 Å². The van der Waals surface area contributed by atoms with Gasteiger partial charge in [0.05, 0.1) is 17.6 Å². The predicted octanol–water partition coefficient (Wildman–Crippen LogP) is 1.97. The minimum Gasteiger partial charge on any atom is -0.323 e. The minimum absolute atomic E-state index is 0.823. The third-order valence-electron chi connectivity index (χ3n) is 4.01. The lowest BCUT2D eigenvalue weighted by Crippen LogP contribution is -2.44. The number of likely N-dealkylation sites (N-methyl/N-ethyl adjacent to an activating group) is 1. The minimum atomic E-state index is 0.823. The maximum Gasteiger partial charge on any atom is 0.124 e. The fourth-order valence-electron chi connectivity index (χ4n) is 2.78. The summed E-state index contributed by atoms with van der Waals surface area (Å²) in [4.78, 5) is 9.67. The molecule has 1 aliphatic heterocycles. The van der Waals surface area contributed by atoms with E-state index < -0.39 is 0 Å². The first-order valence-electron chi connectivity index (χ1n) is 7.24. The Morgan fingerprint density at radius 2 is 1.95 bits per heavy atom. The van der Waals surface area contributed by atoms with E-state index in [4.69, 9.17) is 4.98 Å². The molecule has 4 nitrogen and oxygen atoms in total. The molecule has 1 aliphatic rings. The number of nitrogens with zero attached hydrogens (tertiary/aromatic N) is 4. The van der Waals surface area contributed by atoms with Crippen LogP contribution in [-0.4, -0.2) is 52.6 Å². The molecule has 0 aliphatic carbocycles. The zero-order valence-corrected chi connectivity index (χ0v) is 12.1. The number of rotatable bonds is 4. The van der Waals surface area contributed by atoms with Gasteiger partial charge in [0, 0.05) is 32.7 Å². The Labute approximate surface area is 120 Å². The topological polar surface area (TPSA) is 24.3 Å². The van der Waals surface area contributed by atoms with E-state index in [1.54, 1.807) is 0 Å². The summed E-state index contributed by atoms with van der Waals surface area (Å²) in [5.74, 6) is 1.15. The maximum absolute atomic E-state index is 4.80. The van der Waals surface area contributed by atoms with Crippen LogP contribution in [0.15, 0.2) is 36.9 Å². The average Bonchev–Trinajstić information content (AvgIpc) is 2.80. The largest absolute Gasteiger partial charge is 0.323 e. The first-order valence-corrected chi connectivity index (χ1v) is 7.24. The van der Waals surface area contributed by atoms with Crippen molar-refractivity contribution >= 4 is 11.0 Å². The van der Waals surface area contributed by atoms with Gasteiger partial charge in [-0.3, -0.25) is 4.90 Å². The Morgan fingerprint density at radius 1 is 1.20 bits per heavy atom. The summed E-state index contributed by atoms with van der Waals surface area (Å²) in [6.45, 7) is 10.1. The molecule has 0 radical (unpaired) electrons. The van der Waals surface area contributed by atoms with E-state index in [0.717, 1.165) is 50.6 Å². The summed E-state index contributed by atoms with van der Waals surface area (Å²) in [6.07, 6.45) is 1.95. The van der Waals surface area contributed by atoms with Gasteiger partial charge in [-0.05, 0) is 19.2 Å². The van der Waals surface area contributed by atoms with Crippen molar-refractivity contribution in [2.75, 3.05) is 33.2 Å². The molecule has 0 amide bonds. The molecule has 0 spiro atoms. The van der Waals surface area contributed by atoms with E-state index in [1.807, 2.05) is 12.1 Å². The molecule has 0 saturated carbocycles. The van der Waals surface area contributed by atoms with E-state index in [1.165, 1.54) is 5.52 Å². The molecule has 4 heteroatoms. The van der Waals surface area contributed by atoms with Crippen LogP contribution >= 0.6 is 0 Å². The highest BCUT2D eigenvalue weighted by molar-refractivity contribution is 5.75. The number of allylic oxidation sites excluding steroid dienone is 1. The fourth-order valence-corrected chi connectivity index (χ4v) is 2.78. The summed E-state index contributed by atoms with van der Waals surface area (Å²) in [5, 5.41) is 0. The van der Waals surface area contributed by atoms with Crippen molar-refractivity contribution in [2.45, 2.75) is 13.1 Å². The fraction of sp³-hybridized carbons (Fsp3) is 0.438. The highest BCUT2D eigenvalue weighted by atomic mass is 15.3. The van der Waals surface area contributed by atoms with Crippen LogP contribution in [0, 0.1) is 0 Å². The number of hydrogen-bond acceptors (Lipinski definition) is 3. The third-order valence-corrected chi connectivity index (χ3v) is 4.01. The molecule has 20 heavy (non-hydrogen) atoms. The number of para-hydroxylation sites is 2. The van der Waals surface area contributed by atoms with Gasteiger partial charge in [0.1, 0.15) is 5.82 Å². The highest BCUT2D eigenvalue weighted by Crippen LogP contribution is 2.18. The Kier molecular flexibility index (Phi) is 3.85. The van der Waals surface area contributed by atoms with Crippen LogP contribution in [0.4, 0.5) is 0 Å². The molecule has 1 aromatic heterocycles. The van der Waals surface area contributed by atoms with Gasteiger partial charge in [-0.15, -0.1) is 6.58 Å². The van der Waals surface area contributed by atoms with Crippen molar-refractivity contribution in [3.05, 3.63) is 42.7 Å². The van der Waals surface area contributed by atoms with Gasteiger partial charge < -0.3 is 9.47 Å². The van der Waals surface area contributed by atoms with E-state index in [2.05, 4.69) is 46.2 Å². The number of fused-ring (bicyclic) bond motifs is 1. The second kappa shape index (κ2) is 5.77. The number of aromatic nitrogens is 2. The second-order valence-electron chi connectivity index (χ2n) is 5.50. The number of benzene rings is 1. The molecule has 106 valence electrons. The van der Waals surface area contributed by atoms with Crippen LogP contribution < -0.4 is 0 Å². The van der Waals surface area contributed by atoms with Crippen LogP contribution in [0.5, 0.6) is 0 Å². The second-order valence-corrected chi connectivity index (χ2v) is 5.50. The van der Waals surface area contributed by atoms with Crippen LogP contribution in [0.25, 0.3) is 11.0 Å². The van der Waals surface area contributed by atoms with Crippen molar-refractivity contribution in [2.24, 2.45) is 0 Å². The van der Waals surface area contributed by atoms with Crippen LogP contribution in [0.3, 0.4) is 0 Å². The Morgan fingerprint density at radius 3 is 2.70 bits per heavy atom. The lowest BCUT2D eigenvalue weighted by Gasteiger charge is -2.32. The molecular formula is C16H22N4. The van der Waals surface area contributed by atoms with Crippen molar-refractivity contribution in [3.63, 3.8) is 0 Å². The number of imidazole rings is 1. The van der Waals surface area contributed by atoms with E-state index in [0.29, 0.717) is 0 Å². The summed E-state index contributed by atoms with van der Waals surface area (Å²) in [5.41, 5.74) is 2.29. The van der Waals surface area contributed by atoms with Crippen molar-refractivity contribution in [1.82, 2.24) is 19.4 Å². The molecule has 0 unspecified atom stereocenters. The first-order chi connectivity index (χ1) is 9.78. The van der Waals surface area contributed by atoms with Crippen molar-refractivity contribution in [3.8, 4) is 0 Å². The van der Waals surface area contributed by atoms with Crippen molar-refractivity contribution < 1.29 is 0 Å². The summed E-state index contributed by atoms with van der Waals surface area (Å²) in [7, 11) is 2.18. The molecule has 3 rings (SSSR count). The van der Waals surface area contributed by atoms with Gasteiger partial charge in [0.2, 0.25) is 0 Å². The summed E-state index contributed by atoms with van der Waals surface area (Å²) < 4.78 is 2.28. The molecular weight excluding hydrogens is 248 g/mol. The predicted molar refractivity (Wildman–Crippen MR) is 82.7 cm³/mol.